The Kier molecular flexibility index (Phi) is 8.80. The highest BCUT2D eigenvalue weighted by Crippen LogP contribution is 2.04. The van der Waals surface area contributed by atoms with E-state index < -0.39 is 0 Å². The fourth-order valence-electron chi connectivity index (χ4n) is 1.57. The fourth-order valence-corrected chi connectivity index (χ4v) is 1.57. The number of hydrogen-bond donors (Lipinski definition) is 2. The van der Waals surface area contributed by atoms with Crippen molar-refractivity contribution in [3.8, 4) is 0 Å². The van der Waals surface area contributed by atoms with Crippen LogP contribution in [0.5, 0.6) is 0 Å². The van der Waals surface area contributed by atoms with Crippen LogP contribution in [0.15, 0.2) is 0 Å². The van der Waals surface area contributed by atoms with E-state index in [1.807, 2.05) is 20.8 Å². The van der Waals surface area contributed by atoms with Crippen LogP contribution in [0.1, 0.15) is 33.6 Å². The third kappa shape index (κ3) is 5.89. The molecular weight excluding hydrogens is 220 g/mol. The zero-order chi connectivity index (χ0) is 13.3. The molecule has 5 nitrogen and oxygen atoms in total. The molecule has 0 aliphatic carbocycles. The van der Waals surface area contributed by atoms with Crippen molar-refractivity contribution in [1.29, 1.82) is 0 Å². The first-order valence-electron chi connectivity index (χ1n) is 6.27. The number of aliphatic hydroxyl groups is 1. The predicted molar refractivity (Wildman–Crippen MR) is 68.0 cm³/mol. The minimum absolute atomic E-state index is 0.0151. The molecule has 102 valence electrons. The van der Waals surface area contributed by atoms with Crippen LogP contribution in [0.4, 0.5) is 4.79 Å². The molecule has 2 amide bonds. The minimum atomic E-state index is -0.127. The molecule has 0 aromatic rings. The van der Waals surface area contributed by atoms with Gasteiger partial charge in [-0.1, -0.05) is 13.8 Å². The summed E-state index contributed by atoms with van der Waals surface area (Å²) in [6.07, 6.45) is 1.70. The molecule has 0 aromatic carbocycles. The summed E-state index contributed by atoms with van der Waals surface area (Å²) in [5.74, 6) is 0. The van der Waals surface area contributed by atoms with E-state index in [1.54, 1.807) is 12.0 Å². The number of nitrogens with one attached hydrogen (secondary N) is 1. The molecule has 2 N–H and O–H groups in total. The smallest absolute Gasteiger partial charge is 0.318 e. The highest BCUT2D eigenvalue weighted by Gasteiger charge is 2.20. The first kappa shape index (κ1) is 16.2. The van der Waals surface area contributed by atoms with E-state index in [2.05, 4.69) is 5.32 Å². The molecule has 0 fully saturated rings. The lowest BCUT2D eigenvalue weighted by Crippen LogP contribution is -2.50. The molecule has 0 radical (unpaired) electrons. The average molecular weight is 246 g/mol. The Morgan fingerprint density at radius 3 is 2.47 bits per heavy atom. The van der Waals surface area contributed by atoms with Crippen LogP contribution < -0.4 is 5.32 Å². The van der Waals surface area contributed by atoms with Gasteiger partial charge < -0.3 is 20.1 Å². The molecule has 17 heavy (non-hydrogen) atoms. The maximum absolute atomic E-state index is 12.0. The van der Waals surface area contributed by atoms with Crippen molar-refractivity contribution in [2.24, 2.45) is 0 Å². The van der Waals surface area contributed by atoms with Gasteiger partial charge in [0.15, 0.2) is 0 Å². The van der Waals surface area contributed by atoms with E-state index >= 15 is 0 Å². The molecule has 0 rings (SSSR count). The van der Waals surface area contributed by atoms with E-state index in [1.165, 1.54) is 0 Å². The van der Waals surface area contributed by atoms with Crippen molar-refractivity contribution in [1.82, 2.24) is 10.2 Å². The maximum atomic E-state index is 12.0. The normalized spacial score (nSPS) is 14.2. The van der Waals surface area contributed by atoms with Gasteiger partial charge >= 0.3 is 6.03 Å². The van der Waals surface area contributed by atoms with Gasteiger partial charge in [-0.15, -0.1) is 0 Å². The summed E-state index contributed by atoms with van der Waals surface area (Å²) in [7, 11) is 1.62. The van der Waals surface area contributed by atoms with Crippen LogP contribution in [0.2, 0.25) is 0 Å². The van der Waals surface area contributed by atoms with E-state index in [0.717, 1.165) is 12.8 Å². The van der Waals surface area contributed by atoms with Gasteiger partial charge in [0.1, 0.15) is 0 Å². The number of hydrogen-bond acceptors (Lipinski definition) is 3. The molecule has 0 unspecified atom stereocenters. The second kappa shape index (κ2) is 9.24. The van der Waals surface area contributed by atoms with Crippen molar-refractivity contribution < 1.29 is 14.6 Å². The topological polar surface area (TPSA) is 61.8 Å². The Labute approximate surface area is 104 Å². The number of urea groups is 1. The monoisotopic (exact) mass is 246 g/mol. The van der Waals surface area contributed by atoms with Crippen molar-refractivity contribution in [3.05, 3.63) is 0 Å². The summed E-state index contributed by atoms with van der Waals surface area (Å²) in [6, 6.07) is 0.0252. The lowest BCUT2D eigenvalue weighted by atomic mass is 10.2. The lowest BCUT2D eigenvalue weighted by Gasteiger charge is -2.30. The molecule has 0 aromatic heterocycles. The molecule has 0 saturated carbocycles. The molecule has 0 spiro atoms. The number of aliphatic hydroxyl groups excluding tert-OH is 1. The van der Waals surface area contributed by atoms with Crippen molar-refractivity contribution in [2.45, 2.75) is 45.7 Å². The number of rotatable bonds is 8. The van der Waals surface area contributed by atoms with Gasteiger partial charge in [0.2, 0.25) is 0 Å². The largest absolute Gasteiger partial charge is 0.395 e. The Hall–Kier alpha value is -0.810. The van der Waals surface area contributed by atoms with Gasteiger partial charge in [-0.2, -0.15) is 0 Å². The van der Waals surface area contributed by atoms with E-state index in [0.29, 0.717) is 13.2 Å². The number of nitrogens with zero attached hydrogens (tertiary/aromatic N) is 1. The van der Waals surface area contributed by atoms with Crippen LogP contribution >= 0.6 is 0 Å². The highest BCUT2D eigenvalue weighted by atomic mass is 16.5. The van der Waals surface area contributed by atoms with Crippen LogP contribution in [0.25, 0.3) is 0 Å². The lowest BCUT2D eigenvalue weighted by molar-refractivity contribution is 0.135. The summed E-state index contributed by atoms with van der Waals surface area (Å²) in [5.41, 5.74) is 0. The van der Waals surface area contributed by atoms with Crippen molar-refractivity contribution in [2.75, 3.05) is 26.9 Å². The molecule has 0 saturated heterocycles. The molecule has 0 bridgehead atoms. The molecule has 0 aliphatic rings. The van der Waals surface area contributed by atoms with Crippen molar-refractivity contribution >= 4 is 6.03 Å². The second-order valence-corrected chi connectivity index (χ2v) is 4.18. The van der Waals surface area contributed by atoms with Crippen LogP contribution in [-0.4, -0.2) is 55.0 Å². The van der Waals surface area contributed by atoms with Gasteiger partial charge in [0.05, 0.1) is 19.3 Å². The van der Waals surface area contributed by atoms with Gasteiger partial charge in [-0.05, 0) is 19.8 Å². The third-order valence-corrected chi connectivity index (χ3v) is 2.91. The summed E-state index contributed by atoms with van der Waals surface area (Å²) in [5, 5.41) is 11.9. The average Bonchev–Trinajstić information content (AvgIpc) is 2.34. The summed E-state index contributed by atoms with van der Waals surface area (Å²) in [6.45, 7) is 6.86. The maximum Gasteiger partial charge on any atom is 0.318 e. The Morgan fingerprint density at radius 1 is 1.41 bits per heavy atom. The SMILES string of the molecule is CC[C@H](COC)NC(=O)N(CCO)[C@H](C)CC. The van der Waals surface area contributed by atoms with Gasteiger partial charge in [-0.3, -0.25) is 0 Å². The number of ether oxygens (including phenoxy) is 1. The predicted octanol–water partition coefficient (Wildman–Crippen LogP) is 1.21. The minimum Gasteiger partial charge on any atom is -0.395 e. The Balaban J connectivity index is 4.39. The molecule has 0 heterocycles. The van der Waals surface area contributed by atoms with Gasteiger partial charge in [0, 0.05) is 19.7 Å². The zero-order valence-corrected chi connectivity index (χ0v) is 11.4. The quantitative estimate of drug-likeness (QED) is 0.677. The summed E-state index contributed by atoms with van der Waals surface area (Å²) >= 11 is 0. The highest BCUT2D eigenvalue weighted by molar-refractivity contribution is 5.74. The number of methoxy groups -OCH3 is 1. The first-order chi connectivity index (χ1) is 8.10. The molecule has 5 heteroatoms. The van der Waals surface area contributed by atoms with Crippen molar-refractivity contribution in [3.63, 3.8) is 0 Å². The van der Waals surface area contributed by atoms with Gasteiger partial charge in [-0.25, -0.2) is 4.79 Å². The van der Waals surface area contributed by atoms with E-state index in [4.69, 9.17) is 9.84 Å². The van der Waals surface area contributed by atoms with E-state index in [-0.39, 0.29) is 24.7 Å². The number of amides is 2. The van der Waals surface area contributed by atoms with Crippen LogP contribution in [0, 0.1) is 0 Å². The Morgan fingerprint density at radius 2 is 2.06 bits per heavy atom. The number of carbonyl (C=O) groups excluding carboxylic acids is 1. The first-order valence-corrected chi connectivity index (χ1v) is 6.27. The zero-order valence-electron chi connectivity index (χ0n) is 11.4. The van der Waals surface area contributed by atoms with E-state index in [9.17, 15) is 4.79 Å². The van der Waals surface area contributed by atoms with Crippen LogP contribution in [0.3, 0.4) is 0 Å². The van der Waals surface area contributed by atoms with Gasteiger partial charge in [0.25, 0.3) is 0 Å². The second-order valence-electron chi connectivity index (χ2n) is 4.18. The molecular formula is C12H26N2O3. The third-order valence-electron chi connectivity index (χ3n) is 2.91. The molecule has 2 atom stereocenters. The van der Waals surface area contributed by atoms with Crippen LogP contribution in [-0.2, 0) is 4.74 Å². The fraction of sp³-hybridized carbons (Fsp3) is 0.917. The molecule has 0 aliphatic heterocycles. The Bertz CT molecular complexity index is 212. The standard InChI is InChI=1S/C12H26N2O3/c1-5-10(3)14(7-8-15)12(16)13-11(6-2)9-17-4/h10-11,15H,5-9H2,1-4H3,(H,13,16)/t10-,11-/m1/s1. The summed E-state index contributed by atoms with van der Waals surface area (Å²) < 4.78 is 5.04. The summed E-state index contributed by atoms with van der Waals surface area (Å²) in [4.78, 5) is 13.7. The number of carbonyl (C=O) groups is 1.